The van der Waals surface area contributed by atoms with Gasteiger partial charge in [0, 0.05) is 50.1 Å². The summed E-state index contributed by atoms with van der Waals surface area (Å²) in [4.78, 5) is 40.0. The van der Waals surface area contributed by atoms with Gasteiger partial charge in [-0.3, -0.25) is 9.59 Å². The summed E-state index contributed by atoms with van der Waals surface area (Å²) < 4.78 is 5.46. The third-order valence-electron chi connectivity index (χ3n) is 5.01. The van der Waals surface area contributed by atoms with Gasteiger partial charge in [-0.2, -0.15) is 0 Å². The van der Waals surface area contributed by atoms with E-state index >= 15 is 0 Å². The van der Waals surface area contributed by atoms with Crippen LogP contribution in [0, 0.1) is 5.92 Å². The van der Waals surface area contributed by atoms with E-state index in [-0.39, 0.29) is 29.9 Å². The van der Waals surface area contributed by atoms with Crippen LogP contribution in [-0.2, 0) is 14.3 Å². The molecule has 0 radical (unpaired) electrons. The van der Waals surface area contributed by atoms with Crippen molar-refractivity contribution in [3.63, 3.8) is 0 Å². The molecule has 2 aliphatic heterocycles. The Balaban J connectivity index is 1.46. The summed E-state index contributed by atoms with van der Waals surface area (Å²) in [7, 11) is 0. The Hall–Kier alpha value is -2.61. The normalized spacial score (nSPS) is 19.6. The highest BCUT2D eigenvalue weighted by Crippen LogP contribution is 2.17. The maximum Gasteiger partial charge on any atom is 0.321 e. The lowest BCUT2D eigenvalue weighted by atomic mass is 10.2. The van der Waals surface area contributed by atoms with E-state index in [1.165, 1.54) is 0 Å². The lowest BCUT2D eigenvalue weighted by Gasteiger charge is -2.35. The average Bonchev–Trinajstić information content (AvgIpc) is 3.23. The number of ether oxygens (including phenoxy) is 1. The van der Waals surface area contributed by atoms with E-state index in [0.29, 0.717) is 44.2 Å². The molecule has 0 saturated carbocycles. The fourth-order valence-electron chi connectivity index (χ4n) is 3.23. The van der Waals surface area contributed by atoms with Crippen molar-refractivity contribution in [3.8, 4) is 0 Å². The Morgan fingerprint density at radius 2 is 1.54 bits per heavy atom. The molecule has 152 valence electrons. The molecule has 1 unspecified atom stereocenters. The van der Waals surface area contributed by atoms with Gasteiger partial charge in [0.05, 0.1) is 0 Å². The largest absolute Gasteiger partial charge is 0.368 e. The first-order valence-corrected chi connectivity index (χ1v) is 9.81. The predicted octanol–water partition coefficient (Wildman–Crippen LogP) is 2.14. The third kappa shape index (κ3) is 5.01. The average molecular weight is 388 g/mol. The number of nitrogens with zero attached hydrogens (tertiary/aromatic N) is 2. The molecule has 8 heteroatoms. The first-order chi connectivity index (χ1) is 13.4. The number of rotatable bonds is 4. The van der Waals surface area contributed by atoms with Crippen molar-refractivity contribution in [2.24, 2.45) is 5.92 Å². The maximum absolute atomic E-state index is 12.5. The molecule has 8 nitrogen and oxygen atoms in total. The zero-order valence-corrected chi connectivity index (χ0v) is 16.4. The van der Waals surface area contributed by atoms with Gasteiger partial charge in [-0.15, -0.1) is 0 Å². The number of anilines is 2. The van der Waals surface area contributed by atoms with Crippen LogP contribution in [0.25, 0.3) is 0 Å². The van der Waals surface area contributed by atoms with Gasteiger partial charge in [0.2, 0.25) is 5.91 Å². The molecule has 0 aromatic heterocycles. The number of amides is 4. The molecule has 28 heavy (non-hydrogen) atoms. The molecule has 2 saturated heterocycles. The standard InChI is InChI=1S/C20H28N4O4/c1-14(2)18(25)21-15-5-7-16(8-6-15)22-20(27)24-11-9-23(10-12-24)19(26)17-4-3-13-28-17/h5-8,14,17H,3-4,9-13H2,1-2H3,(H,21,25)(H,22,27). The predicted molar refractivity (Wildman–Crippen MR) is 106 cm³/mol. The summed E-state index contributed by atoms with van der Waals surface area (Å²) in [5.74, 6) is -0.103. The van der Waals surface area contributed by atoms with Crippen LogP contribution in [-0.4, -0.2) is 66.5 Å². The molecule has 1 aromatic carbocycles. The summed E-state index contributed by atoms with van der Waals surface area (Å²) in [6.07, 6.45) is 1.40. The number of benzene rings is 1. The van der Waals surface area contributed by atoms with Crippen molar-refractivity contribution in [2.45, 2.75) is 32.8 Å². The monoisotopic (exact) mass is 388 g/mol. The van der Waals surface area contributed by atoms with Crippen LogP contribution in [0.2, 0.25) is 0 Å². The van der Waals surface area contributed by atoms with Crippen LogP contribution < -0.4 is 10.6 Å². The van der Waals surface area contributed by atoms with Crippen LogP contribution in [0.4, 0.5) is 16.2 Å². The molecule has 2 N–H and O–H groups in total. The van der Waals surface area contributed by atoms with E-state index in [2.05, 4.69) is 10.6 Å². The molecule has 2 heterocycles. The fourth-order valence-corrected chi connectivity index (χ4v) is 3.23. The highest BCUT2D eigenvalue weighted by Gasteiger charge is 2.31. The summed E-state index contributed by atoms with van der Waals surface area (Å²) in [6.45, 7) is 6.34. The number of carbonyl (C=O) groups is 3. The van der Waals surface area contributed by atoms with Gasteiger partial charge >= 0.3 is 6.03 Å². The molecule has 2 fully saturated rings. The molecule has 0 aliphatic carbocycles. The van der Waals surface area contributed by atoms with Gasteiger partial charge in [0.15, 0.2) is 0 Å². The van der Waals surface area contributed by atoms with Crippen molar-refractivity contribution >= 4 is 29.2 Å². The van der Waals surface area contributed by atoms with E-state index in [1.807, 2.05) is 13.8 Å². The maximum atomic E-state index is 12.5. The summed E-state index contributed by atoms with van der Waals surface area (Å²) in [5.41, 5.74) is 1.35. The zero-order valence-electron chi connectivity index (χ0n) is 16.4. The summed E-state index contributed by atoms with van der Waals surface area (Å²) in [6, 6.07) is 6.83. The minimum atomic E-state index is -0.310. The molecule has 0 spiro atoms. The second-order valence-corrected chi connectivity index (χ2v) is 7.47. The van der Waals surface area contributed by atoms with Crippen molar-refractivity contribution in [1.82, 2.24) is 9.80 Å². The Morgan fingerprint density at radius 3 is 2.07 bits per heavy atom. The Kier molecular flexibility index (Phi) is 6.51. The molecular formula is C20H28N4O4. The Bertz CT molecular complexity index is 705. The topological polar surface area (TPSA) is 91.0 Å². The quantitative estimate of drug-likeness (QED) is 0.827. The van der Waals surface area contributed by atoms with E-state index < -0.39 is 0 Å². The number of carbonyl (C=O) groups excluding carboxylic acids is 3. The van der Waals surface area contributed by atoms with E-state index in [4.69, 9.17) is 4.74 Å². The van der Waals surface area contributed by atoms with Gasteiger partial charge in [-0.05, 0) is 37.1 Å². The first kappa shape index (κ1) is 20.1. The van der Waals surface area contributed by atoms with E-state index in [0.717, 1.165) is 12.8 Å². The van der Waals surface area contributed by atoms with Crippen molar-refractivity contribution in [1.29, 1.82) is 0 Å². The van der Waals surface area contributed by atoms with Crippen LogP contribution >= 0.6 is 0 Å². The summed E-state index contributed by atoms with van der Waals surface area (Å²) >= 11 is 0. The number of hydrogen-bond donors (Lipinski definition) is 2. The van der Waals surface area contributed by atoms with Crippen molar-refractivity contribution < 1.29 is 19.1 Å². The number of nitrogens with one attached hydrogen (secondary N) is 2. The van der Waals surface area contributed by atoms with Crippen LogP contribution in [0.15, 0.2) is 24.3 Å². The van der Waals surface area contributed by atoms with Gasteiger partial charge in [-0.1, -0.05) is 13.8 Å². The Morgan fingerprint density at radius 1 is 0.964 bits per heavy atom. The lowest BCUT2D eigenvalue weighted by Crippen LogP contribution is -2.53. The van der Waals surface area contributed by atoms with Crippen molar-refractivity contribution in [2.75, 3.05) is 43.4 Å². The SMILES string of the molecule is CC(C)C(=O)Nc1ccc(NC(=O)N2CCN(C(=O)C3CCCO3)CC2)cc1. The van der Waals surface area contributed by atoms with Crippen LogP contribution in [0.5, 0.6) is 0 Å². The second kappa shape index (κ2) is 9.05. The molecule has 1 atom stereocenters. The highest BCUT2D eigenvalue weighted by atomic mass is 16.5. The number of urea groups is 1. The number of piperazine rings is 1. The minimum Gasteiger partial charge on any atom is -0.368 e. The zero-order chi connectivity index (χ0) is 20.1. The number of hydrogen-bond acceptors (Lipinski definition) is 4. The van der Waals surface area contributed by atoms with E-state index in [1.54, 1.807) is 34.1 Å². The van der Waals surface area contributed by atoms with Gasteiger partial charge in [0.25, 0.3) is 5.91 Å². The lowest BCUT2D eigenvalue weighted by molar-refractivity contribution is -0.142. The Labute approximate surface area is 165 Å². The minimum absolute atomic E-state index is 0.0385. The smallest absolute Gasteiger partial charge is 0.321 e. The molecule has 0 bridgehead atoms. The van der Waals surface area contributed by atoms with Crippen molar-refractivity contribution in [3.05, 3.63) is 24.3 Å². The van der Waals surface area contributed by atoms with Gasteiger partial charge in [0.1, 0.15) is 6.10 Å². The van der Waals surface area contributed by atoms with Gasteiger partial charge < -0.3 is 25.2 Å². The van der Waals surface area contributed by atoms with Crippen LogP contribution in [0.3, 0.4) is 0 Å². The molecule has 2 aliphatic rings. The van der Waals surface area contributed by atoms with Gasteiger partial charge in [-0.25, -0.2) is 4.79 Å². The molecule has 4 amide bonds. The molecule has 3 rings (SSSR count). The third-order valence-corrected chi connectivity index (χ3v) is 5.01. The van der Waals surface area contributed by atoms with E-state index in [9.17, 15) is 14.4 Å². The molecule has 1 aromatic rings. The first-order valence-electron chi connectivity index (χ1n) is 9.81. The second-order valence-electron chi connectivity index (χ2n) is 7.47. The summed E-state index contributed by atoms with van der Waals surface area (Å²) in [5, 5.41) is 5.67. The fraction of sp³-hybridized carbons (Fsp3) is 0.550. The van der Waals surface area contributed by atoms with Crippen LogP contribution in [0.1, 0.15) is 26.7 Å². The highest BCUT2D eigenvalue weighted by molar-refractivity contribution is 5.93. The molecular weight excluding hydrogens is 360 g/mol.